The number of pyridine rings is 1. The van der Waals surface area contributed by atoms with Crippen molar-refractivity contribution in [2.45, 2.75) is 38.6 Å². The normalized spacial score (nSPS) is 16.6. The fraction of sp³-hybridized carbons (Fsp3) is 0.409. The lowest BCUT2D eigenvalue weighted by Crippen LogP contribution is -2.41. The Hall–Kier alpha value is -2.76. The third-order valence-electron chi connectivity index (χ3n) is 5.16. The van der Waals surface area contributed by atoms with Gasteiger partial charge < -0.3 is 10.2 Å². The van der Waals surface area contributed by atoms with Crippen LogP contribution in [0.15, 0.2) is 48.8 Å². The molecule has 1 aliphatic rings. The van der Waals surface area contributed by atoms with Gasteiger partial charge in [0, 0.05) is 44.0 Å². The van der Waals surface area contributed by atoms with Crippen LogP contribution in [-0.2, 0) is 22.6 Å². The standard InChI is InChI=1S/C22H26FN3O2/c23-20-8-2-1-7-19(20)15-25-21(27)10-9-17-6-4-12-26(16-17)22(28)13-18-5-3-11-24-14-18/h1-3,5,7-8,11,14,17H,4,6,9-10,12-13,15-16H2,(H,25,27)/t17-/m1/s1. The van der Waals surface area contributed by atoms with Crippen LogP contribution in [-0.4, -0.2) is 34.8 Å². The van der Waals surface area contributed by atoms with Gasteiger partial charge in [0.2, 0.25) is 11.8 Å². The summed E-state index contributed by atoms with van der Waals surface area (Å²) in [6, 6.07) is 10.2. The second kappa shape index (κ2) is 9.97. The quantitative estimate of drug-likeness (QED) is 0.799. The van der Waals surface area contributed by atoms with E-state index in [-0.39, 0.29) is 24.2 Å². The molecule has 1 aromatic carbocycles. The van der Waals surface area contributed by atoms with E-state index in [1.54, 1.807) is 30.6 Å². The summed E-state index contributed by atoms with van der Waals surface area (Å²) >= 11 is 0. The first-order chi connectivity index (χ1) is 13.6. The third-order valence-corrected chi connectivity index (χ3v) is 5.16. The average Bonchev–Trinajstić information content (AvgIpc) is 2.72. The van der Waals surface area contributed by atoms with E-state index < -0.39 is 0 Å². The van der Waals surface area contributed by atoms with E-state index in [4.69, 9.17) is 0 Å². The lowest BCUT2D eigenvalue weighted by molar-refractivity contribution is -0.132. The molecule has 1 aliphatic heterocycles. The molecule has 1 aromatic heterocycles. The van der Waals surface area contributed by atoms with Gasteiger partial charge in [-0.1, -0.05) is 24.3 Å². The Morgan fingerprint density at radius 2 is 2.07 bits per heavy atom. The number of likely N-dealkylation sites (tertiary alicyclic amines) is 1. The van der Waals surface area contributed by atoms with Gasteiger partial charge in [-0.25, -0.2) is 4.39 Å². The first kappa shape index (κ1) is 20.0. The molecular weight excluding hydrogens is 357 g/mol. The lowest BCUT2D eigenvalue weighted by atomic mass is 9.93. The van der Waals surface area contributed by atoms with Gasteiger partial charge >= 0.3 is 0 Å². The second-order valence-corrected chi connectivity index (χ2v) is 7.29. The zero-order valence-corrected chi connectivity index (χ0v) is 15.9. The van der Waals surface area contributed by atoms with Crippen molar-refractivity contribution in [3.63, 3.8) is 0 Å². The average molecular weight is 383 g/mol. The van der Waals surface area contributed by atoms with Crippen LogP contribution in [0.2, 0.25) is 0 Å². The summed E-state index contributed by atoms with van der Waals surface area (Å²) in [4.78, 5) is 30.6. The van der Waals surface area contributed by atoms with Crippen LogP contribution in [0.1, 0.15) is 36.8 Å². The molecule has 0 saturated carbocycles. The number of carbonyl (C=O) groups excluding carboxylic acids is 2. The molecule has 28 heavy (non-hydrogen) atoms. The highest BCUT2D eigenvalue weighted by atomic mass is 19.1. The van der Waals surface area contributed by atoms with Gasteiger partial charge in [0.05, 0.1) is 6.42 Å². The highest BCUT2D eigenvalue weighted by Crippen LogP contribution is 2.21. The van der Waals surface area contributed by atoms with E-state index in [0.717, 1.165) is 31.4 Å². The number of nitrogens with zero attached hydrogens (tertiary/aromatic N) is 2. The Labute approximate surface area is 165 Å². The van der Waals surface area contributed by atoms with Crippen molar-refractivity contribution in [3.8, 4) is 0 Å². The largest absolute Gasteiger partial charge is 0.352 e. The van der Waals surface area contributed by atoms with E-state index >= 15 is 0 Å². The van der Waals surface area contributed by atoms with Gasteiger partial charge in [0.25, 0.3) is 0 Å². The van der Waals surface area contributed by atoms with Gasteiger partial charge in [0.1, 0.15) is 5.82 Å². The molecule has 2 aromatic rings. The minimum Gasteiger partial charge on any atom is -0.352 e. The number of amides is 2. The summed E-state index contributed by atoms with van der Waals surface area (Å²) in [7, 11) is 0. The molecule has 0 radical (unpaired) electrons. The van der Waals surface area contributed by atoms with Crippen molar-refractivity contribution in [1.82, 2.24) is 15.2 Å². The number of benzene rings is 1. The first-order valence-corrected chi connectivity index (χ1v) is 9.78. The zero-order valence-electron chi connectivity index (χ0n) is 15.9. The number of nitrogens with one attached hydrogen (secondary N) is 1. The van der Waals surface area contributed by atoms with E-state index in [1.807, 2.05) is 17.0 Å². The monoisotopic (exact) mass is 383 g/mol. The molecule has 2 heterocycles. The maximum atomic E-state index is 13.6. The Morgan fingerprint density at radius 3 is 2.86 bits per heavy atom. The molecule has 0 unspecified atom stereocenters. The maximum absolute atomic E-state index is 13.6. The van der Waals surface area contributed by atoms with Crippen molar-refractivity contribution in [2.75, 3.05) is 13.1 Å². The van der Waals surface area contributed by atoms with Crippen LogP contribution >= 0.6 is 0 Å². The number of carbonyl (C=O) groups is 2. The van der Waals surface area contributed by atoms with Gasteiger partial charge in [-0.15, -0.1) is 0 Å². The number of hydrogen-bond donors (Lipinski definition) is 1. The number of aromatic nitrogens is 1. The predicted molar refractivity (Wildman–Crippen MR) is 105 cm³/mol. The Kier molecular flexibility index (Phi) is 7.12. The van der Waals surface area contributed by atoms with Crippen LogP contribution in [0.3, 0.4) is 0 Å². The second-order valence-electron chi connectivity index (χ2n) is 7.29. The number of rotatable bonds is 7. The van der Waals surface area contributed by atoms with E-state index in [2.05, 4.69) is 10.3 Å². The van der Waals surface area contributed by atoms with Crippen LogP contribution in [0.5, 0.6) is 0 Å². The fourth-order valence-corrected chi connectivity index (χ4v) is 3.58. The highest BCUT2D eigenvalue weighted by molar-refractivity contribution is 5.79. The van der Waals surface area contributed by atoms with Crippen molar-refractivity contribution in [2.24, 2.45) is 5.92 Å². The van der Waals surface area contributed by atoms with Crippen LogP contribution < -0.4 is 5.32 Å². The molecule has 6 heteroatoms. The van der Waals surface area contributed by atoms with E-state index in [9.17, 15) is 14.0 Å². The summed E-state index contributed by atoms with van der Waals surface area (Å²) < 4.78 is 13.6. The molecule has 0 spiro atoms. The van der Waals surface area contributed by atoms with Gasteiger partial charge in [-0.2, -0.15) is 0 Å². The summed E-state index contributed by atoms with van der Waals surface area (Å²) in [6.07, 6.45) is 6.89. The van der Waals surface area contributed by atoms with Crippen LogP contribution in [0.25, 0.3) is 0 Å². The molecule has 1 N–H and O–H groups in total. The van der Waals surface area contributed by atoms with Gasteiger partial charge in [-0.05, 0) is 42.9 Å². The molecule has 1 atom stereocenters. The number of hydrogen-bond acceptors (Lipinski definition) is 3. The molecular formula is C22H26FN3O2. The number of halogens is 1. The zero-order chi connectivity index (χ0) is 19.8. The molecule has 0 aliphatic carbocycles. The highest BCUT2D eigenvalue weighted by Gasteiger charge is 2.24. The minimum atomic E-state index is -0.308. The lowest BCUT2D eigenvalue weighted by Gasteiger charge is -2.33. The van der Waals surface area contributed by atoms with Gasteiger partial charge in [-0.3, -0.25) is 14.6 Å². The van der Waals surface area contributed by atoms with Crippen molar-refractivity contribution in [1.29, 1.82) is 0 Å². The van der Waals surface area contributed by atoms with E-state index in [0.29, 0.717) is 30.9 Å². The SMILES string of the molecule is O=C(CC[C@H]1CCCN(C(=O)Cc2cccnc2)C1)NCc1ccccc1F. The molecule has 1 fully saturated rings. The van der Waals surface area contributed by atoms with Crippen molar-refractivity contribution < 1.29 is 14.0 Å². The Balaban J connectivity index is 1.41. The predicted octanol–water partition coefficient (Wildman–Crippen LogP) is 3.10. The Bertz CT molecular complexity index is 797. The first-order valence-electron chi connectivity index (χ1n) is 9.78. The third kappa shape index (κ3) is 5.87. The van der Waals surface area contributed by atoms with Crippen molar-refractivity contribution in [3.05, 3.63) is 65.7 Å². The van der Waals surface area contributed by atoms with Gasteiger partial charge in [0.15, 0.2) is 0 Å². The number of piperidine rings is 1. The fourth-order valence-electron chi connectivity index (χ4n) is 3.58. The summed E-state index contributed by atoms with van der Waals surface area (Å²) in [5, 5.41) is 2.78. The molecule has 5 nitrogen and oxygen atoms in total. The van der Waals surface area contributed by atoms with Crippen LogP contribution in [0, 0.1) is 11.7 Å². The smallest absolute Gasteiger partial charge is 0.227 e. The summed E-state index contributed by atoms with van der Waals surface area (Å²) in [5.41, 5.74) is 1.41. The maximum Gasteiger partial charge on any atom is 0.227 e. The summed E-state index contributed by atoms with van der Waals surface area (Å²) in [5.74, 6) is 0.0485. The molecule has 3 rings (SSSR count). The van der Waals surface area contributed by atoms with Crippen LogP contribution in [0.4, 0.5) is 4.39 Å². The molecule has 0 bridgehead atoms. The molecule has 1 saturated heterocycles. The Morgan fingerprint density at radius 1 is 1.21 bits per heavy atom. The molecule has 148 valence electrons. The van der Waals surface area contributed by atoms with Crippen molar-refractivity contribution >= 4 is 11.8 Å². The van der Waals surface area contributed by atoms with E-state index in [1.165, 1.54) is 6.07 Å². The molecule has 2 amide bonds. The topological polar surface area (TPSA) is 62.3 Å². The minimum absolute atomic E-state index is 0.0814. The summed E-state index contributed by atoms with van der Waals surface area (Å²) in [6.45, 7) is 1.67.